The van der Waals surface area contributed by atoms with E-state index in [1.165, 1.54) is 0 Å². The van der Waals surface area contributed by atoms with Crippen molar-refractivity contribution >= 4 is 16.7 Å². The van der Waals surface area contributed by atoms with E-state index in [0.29, 0.717) is 16.7 Å². The number of benzene rings is 2. The Morgan fingerprint density at radius 3 is 2.30 bits per heavy atom. The number of aromatic nitrogens is 1. The molecule has 0 aliphatic heterocycles. The summed E-state index contributed by atoms with van der Waals surface area (Å²) in [4.78, 5) is 16.3. The lowest BCUT2D eigenvalue weighted by molar-refractivity contribution is -0.0532. The van der Waals surface area contributed by atoms with Crippen molar-refractivity contribution in [1.29, 1.82) is 0 Å². The van der Waals surface area contributed by atoms with Gasteiger partial charge in [0, 0.05) is 23.0 Å². The molecule has 0 spiro atoms. The summed E-state index contributed by atoms with van der Waals surface area (Å²) in [6, 6.07) is 8.78. The first-order chi connectivity index (χ1) is 14.0. The summed E-state index contributed by atoms with van der Waals surface area (Å²) < 4.78 is 44.6. The molecule has 1 aromatic heterocycles. The maximum absolute atomic E-state index is 14.2. The van der Waals surface area contributed by atoms with Crippen LogP contribution in [0.15, 0.2) is 36.4 Å². The third-order valence-electron chi connectivity index (χ3n) is 4.87. The van der Waals surface area contributed by atoms with E-state index in [2.05, 4.69) is 9.72 Å². The summed E-state index contributed by atoms with van der Waals surface area (Å²) >= 11 is 0. The van der Waals surface area contributed by atoms with Gasteiger partial charge in [-0.3, -0.25) is 9.90 Å². The summed E-state index contributed by atoms with van der Waals surface area (Å²) in [6.07, 6.45) is 0.122. The number of rotatable bonds is 5. The Morgan fingerprint density at radius 2 is 1.73 bits per heavy atom. The van der Waals surface area contributed by atoms with Gasteiger partial charge in [0.05, 0.1) is 5.39 Å². The molecule has 3 aromatic rings. The fraction of sp³-hybridized carbons (Fsp3) is 0.304. The molecule has 30 heavy (non-hydrogen) atoms. The number of fused-ring (bicyclic) bond motifs is 1. The number of hydrogen-bond acceptors (Lipinski definition) is 3. The summed E-state index contributed by atoms with van der Waals surface area (Å²) in [5.41, 5.74) is 0.994. The second-order valence-electron chi connectivity index (χ2n) is 8.12. The number of ketones is 1. The fourth-order valence-corrected chi connectivity index (χ4v) is 3.30. The van der Waals surface area contributed by atoms with Crippen LogP contribution in [0.25, 0.3) is 10.9 Å². The monoisotopic (exact) mass is 416 g/mol. The van der Waals surface area contributed by atoms with Crippen LogP contribution in [0.3, 0.4) is 0 Å². The van der Waals surface area contributed by atoms with Crippen LogP contribution in [0, 0.1) is 18.2 Å². The summed E-state index contributed by atoms with van der Waals surface area (Å²) in [7, 11) is 0. The van der Waals surface area contributed by atoms with Crippen LogP contribution in [-0.4, -0.2) is 17.4 Å². The van der Waals surface area contributed by atoms with E-state index in [9.17, 15) is 23.1 Å². The molecule has 157 valence electrons. The SMILES string of the molecule is Cc1c(Cc2ccc(C(=O)C(C)(C)C)cc2)c(OC(F)F)nc2c(F)ccc([O])c12. The highest BCUT2D eigenvalue weighted by Crippen LogP contribution is 2.36. The smallest absolute Gasteiger partial charge is 0.388 e. The van der Waals surface area contributed by atoms with Crippen molar-refractivity contribution in [2.24, 2.45) is 5.41 Å². The van der Waals surface area contributed by atoms with E-state index in [0.717, 1.165) is 12.1 Å². The predicted molar refractivity (Wildman–Crippen MR) is 106 cm³/mol. The van der Waals surface area contributed by atoms with Gasteiger partial charge in [0.15, 0.2) is 11.5 Å². The van der Waals surface area contributed by atoms with Crippen molar-refractivity contribution in [3.05, 3.63) is 64.5 Å². The molecule has 1 heterocycles. The zero-order valence-electron chi connectivity index (χ0n) is 17.1. The molecule has 4 nitrogen and oxygen atoms in total. The van der Waals surface area contributed by atoms with E-state index in [1.54, 1.807) is 31.2 Å². The second-order valence-corrected chi connectivity index (χ2v) is 8.12. The van der Waals surface area contributed by atoms with Crippen LogP contribution >= 0.6 is 0 Å². The molecule has 0 atom stereocenters. The molecule has 0 saturated carbocycles. The zero-order valence-corrected chi connectivity index (χ0v) is 17.1. The van der Waals surface area contributed by atoms with Gasteiger partial charge in [0.1, 0.15) is 11.3 Å². The van der Waals surface area contributed by atoms with Gasteiger partial charge in [-0.1, -0.05) is 45.0 Å². The van der Waals surface area contributed by atoms with Gasteiger partial charge in [-0.25, -0.2) is 9.37 Å². The minimum atomic E-state index is -3.15. The number of ether oxygens (including phenoxy) is 1. The van der Waals surface area contributed by atoms with Crippen molar-refractivity contribution in [2.45, 2.75) is 40.7 Å². The van der Waals surface area contributed by atoms with Crippen LogP contribution in [0.5, 0.6) is 11.6 Å². The molecule has 0 amide bonds. The van der Waals surface area contributed by atoms with Crippen LogP contribution in [0.4, 0.5) is 13.2 Å². The molecule has 0 bridgehead atoms. The number of carbonyl (C=O) groups excluding carboxylic acids is 1. The minimum Gasteiger partial charge on any atom is -0.417 e. The summed E-state index contributed by atoms with van der Waals surface area (Å²) in [5.74, 6) is -1.68. The fourth-order valence-electron chi connectivity index (χ4n) is 3.30. The highest BCUT2D eigenvalue weighted by atomic mass is 19.3. The third-order valence-corrected chi connectivity index (χ3v) is 4.87. The van der Waals surface area contributed by atoms with Crippen molar-refractivity contribution < 1.29 is 27.8 Å². The average Bonchev–Trinajstić information content (AvgIpc) is 2.66. The largest absolute Gasteiger partial charge is 0.417 e. The first-order valence-corrected chi connectivity index (χ1v) is 9.36. The Labute approximate surface area is 172 Å². The van der Waals surface area contributed by atoms with Crippen LogP contribution in [0.2, 0.25) is 0 Å². The lowest BCUT2D eigenvalue weighted by atomic mass is 9.86. The summed E-state index contributed by atoms with van der Waals surface area (Å²) in [5, 5.41) is 12.3. The van der Waals surface area contributed by atoms with E-state index in [-0.39, 0.29) is 28.7 Å². The lowest BCUT2D eigenvalue weighted by Crippen LogP contribution is -2.20. The van der Waals surface area contributed by atoms with Gasteiger partial charge >= 0.3 is 6.61 Å². The van der Waals surface area contributed by atoms with Gasteiger partial charge < -0.3 is 4.74 Å². The lowest BCUT2D eigenvalue weighted by Gasteiger charge is -2.17. The molecule has 2 aromatic carbocycles. The van der Waals surface area contributed by atoms with Gasteiger partial charge in [0.2, 0.25) is 5.88 Å². The second kappa shape index (κ2) is 7.97. The maximum Gasteiger partial charge on any atom is 0.388 e. The standard InChI is InChI=1S/C23H21F3NO3/c1-12-15(11-13-5-7-14(8-6-13)20(29)23(2,3)4)21(30-22(25)26)27-19-16(24)9-10-17(28)18(12)19/h5-10,22H,11H2,1-4H3. The molecule has 0 saturated heterocycles. The van der Waals surface area contributed by atoms with Gasteiger partial charge in [-0.15, -0.1) is 0 Å². The summed E-state index contributed by atoms with van der Waals surface area (Å²) in [6.45, 7) is 3.86. The first kappa shape index (κ1) is 21.6. The van der Waals surface area contributed by atoms with Crippen LogP contribution in [-0.2, 0) is 11.5 Å². The number of nitrogens with zero attached hydrogens (tertiary/aromatic N) is 1. The molecule has 0 unspecified atom stereocenters. The van der Waals surface area contributed by atoms with Crippen molar-refractivity contribution in [2.75, 3.05) is 0 Å². The Hall–Kier alpha value is -3.09. The van der Waals surface area contributed by atoms with Crippen molar-refractivity contribution in [1.82, 2.24) is 4.98 Å². The molecular weight excluding hydrogens is 395 g/mol. The van der Waals surface area contributed by atoms with E-state index in [1.807, 2.05) is 20.8 Å². The van der Waals surface area contributed by atoms with Crippen LogP contribution < -0.4 is 4.74 Å². The van der Waals surface area contributed by atoms with Crippen molar-refractivity contribution in [3.63, 3.8) is 0 Å². The molecule has 7 heteroatoms. The number of hydrogen-bond donors (Lipinski definition) is 0. The minimum absolute atomic E-state index is 0.0224. The highest BCUT2D eigenvalue weighted by Gasteiger charge is 2.24. The molecule has 3 rings (SSSR count). The van der Waals surface area contributed by atoms with Crippen LogP contribution in [0.1, 0.15) is 47.8 Å². The van der Waals surface area contributed by atoms with Gasteiger partial charge in [-0.05, 0) is 30.2 Å². The number of Topliss-reactive ketones (excluding diaryl/α,β-unsaturated/α-hetero) is 1. The number of alkyl halides is 2. The van der Waals surface area contributed by atoms with E-state index < -0.39 is 29.5 Å². The van der Waals surface area contributed by atoms with E-state index >= 15 is 0 Å². The Morgan fingerprint density at radius 1 is 1.10 bits per heavy atom. The Kier molecular flexibility index (Phi) is 5.74. The number of aryl methyl sites for hydroxylation is 1. The van der Waals surface area contributed by atoms with Crippen molar-refractivity contribution in [3.8, 4) is 11.6 Å². The molecule has 1 radical (unpaired) electrons. The highest BCUT2D eigenvalue weighted by molar-refractivity contribution is 5.99. The quantitative estimate of drug-likeness (QED) is 0.462. The molecular formula is C23H21F3NO3. The Bertz CT molecular complexity index is 1100. The molecule has 0 fully saturated rings. The molecule has 0 aliphatic rings. The first-order valence-electron chi connectivity index (χ1n) is 9.36. The number of pyridine rings is 1. The zero-order chi connectivity index (χ0) is 22.2. The number of halogens is 3. The average molecular weight is 416 g/mol. The third kappa shape index (κ3) is 4.25. The van der Waals surface area contributed by atoms with Gasteiger partial charge in [0.25, 0.3) is 0 Å². The van der Waals surface area contributed by atoms with E-state index in [4.69, 9.17) is 0 Å². The van der Waals surface area contributed by atoms with Gasteiger partial charge in [-0.2, -0.15) is 8.78 Å². The number of carbonyl (C=O) groups is 1. The normalized spacial score (nSPS) is 11.9. The maximum atomic E-state index is 14.2. The Balaban J connectivity index is 2.07. The molecule has 0 aliphatic carbocycles. The molecule has 0 N–H and O–H groups in total. The predicted octanol–water partition coefficient (Wildman–Crippen LogP) is 6.25. The topological polar surface area (TPSA) is 59.1 Å².